The number of fused-ring (bicyclic) bond motifs is 1. The van der Waals surface area contributed by atoms with Gasteiger partial charge in [0.25, 0.3) is 5.91 Å². The number of nitrogens with one attached hydrogen (secondary N) is 1. The highest BCUT2D eigenvalue weighted by Crippen LogP contribution is 2.40. The van der Waals surface area contributed by atoms with Crippen LogP contribution in [0.2, 0.25) is 0 Å². The van der Waals surface area contributed by atoms with Crippen molar-refractivity contribution in [3.63, 3.8) is 0 Å². The molecule has 1 aromatic heterocycles. The first kappa shape index (κ1) is 16.2. The average molecular weight is 326 g/mol. The Bertz CT molecular complexity index is 802. The van der Waals surface area contributed by atoms with Crippen molar-refractivity contribution in [3.05, 3.63) is 46.8 Å². The molecule has 6 heteroatoms. The van der Waals surface area contributed by atoms with Crippen LogP contribution in [0.1, 0.15) is 53.5 Å². The number of aryl methyl sites for hydroxylation is 2. The third-order valence-electron chi connectivity index (χ3n) is 4.17. The van der Waals surface area contributed by atoms with Crippen LogP contribution in [-0.4, -0.2) is 21.5 Å². The fraction of sp³-hybridized carbons (Fsp3) is 0.389. The van der Waals surface area contributed by atoms with Gasteiger partial charge in [-0.2, -0.15) is 0 Å². The predicted octanol–water partition coefficient (Wildman–Crippen LogP) is 2.71. The SMILES string of the molecule is Cc1ccc2c(c1)OC(C)(C)C[C@@H]2NC(=O)c1cnc(N)nc1C. The number of hydrogen-bond donors (Lipinski definition) is 2. The van der Waals surface area contributed by atoms with Crippen molar-refractivity contribution in [3.8, 4) is 5.75 Å². The standard InChI is InChI=1S/C18H22N4O2/c1-10-5-6-12-14(8-18(3,4)24-15(12)7-10)22-16(23)13-9-20-17(19)21-11(13)2/h5-7,9,14H,8H2,1-4H3,(H,22,23)(H2,19,20,21)/t14-/m0/s1. The van der Waals surface area contributed by atoms with E-state index in [1.165, 1.54) is 6.20 Å². The minimum Gasteiger partial charge on any atom is -0.487 e. The Labute approximate surface area is 141 Å². The number of anilines is 1. The van der Waals surface area contributed by atoms with Gasteiger partial charge in [-0.15, -0.1) is 0 Å². The first-order valence-electron chi connectivity index (χ1n) is 7.95. The van der Waals surface area contributed by atoms with Crippen LogP contribution in [-0.2, 0) is 0 Å². The number of amides is 1. The van der Waals surface area contributed by atoms with E-state index >= 15 is 0 Å². The van der Waals surface area contributed by atoms with Crippen LogP contribution >= 0.6 is 0 Å². The number of benzene rings is 1. The van der Waals surface area contributed by atoms with Gasteiger partial charge in [-0.05, 0) is 39.3 Å². The maximum absolute atomic E-state index is 12.7. The molecule has 1 atom stereocenters. The molecule has 2 heterocycles. The van der Waals surface area contributed by atoms with E-state index in [4.69, 9.17) is 10.5 Å². The number of rotatable bonds is 2. The second-order valence-electron chi connectivity index (χ2n) is 6.86. The van der Waals surface area contributed by atoms with Crippen LogP contribution in [0.15, 0.2) is 24.4 Å². The second kappa shape index (κ2) is 5.78. The minimum absolute atomic E-state index is 0.131. The van der Waals surface area contributed by atoms with E-state index in [-0.39, 0.29) is 23.5 Å². The van der Waals surface area contributed by atoms with Gasteiger partial charge >= 0.3 is 0 Å². The lowest BCUT2D eigenvalue weighted by Gasteiger charge is -2.38. The predicted molar refractivity (Wildman–Crippen MR) is 91.9 cm³/mol. The van der Waals surface area contributed by atoms with Crippen LogP contribution in [0.4, 0.5) is 5.95 Å². The Morgan fingerprint density at radius 3 is 2.83 bits per heavy atom. The van der Waals surface area contributed by atoms with Gasteiger partial charge in [0.2, 0.25) is 5.95 Å². The molecule has 126 valence electrons. The van der Waals surface area contributed by atoms with E-state index in [9.17, 15) is 4.79 Å². The van der Waals surface area contributed by atoms with Crippen molar-refractivity contribution < 1.29 is 9.53 Å². The molecule has 2 aromatic rings. The highest BCUT2D eigenvalue weighted by molar-refractivity contribution is 5.95. The van der Waals surface area contributed by atoms with E-state index in [2.05, 4.69) is 15.3 Å². The zero-order valence-electron chi connectivity index (χ0n) is 14.4. The van der Waals surface area contributed by atoms with Crippen molar-refractivity contribution >= 4 is 11.9 Å². The normalized spacial score (nSPS) is 18.4. The molecule has 3 rings (SSSR count). The molecule has 0 aliphatic carbocycles. The lowest BCUT2D eigenvalue weighted by atomic mass is 9.89. The third-order valence-corrected chi connectivity index (χ3v) is 4.17. The molecule has 1 aliphatic heterocycles. The van der Waals surface area contributed by atoms with Crippen molar-refractivity contribution in [1.29, 1.82) is 0 Å². The highest BCUT2D eigenvalue weighted by atomic mass is 16.5. The first-order valence-corrected chi connectivity index (χ1v) is 7.95. The molecule has 24 heavy (non-hydrogen) atoms. The summed E-state index contributed by atoms with van der Waals surface area (Å²) in [5.74, 6) is 0.778. The fourth-order valence-electron chi connectivity index (χ4n) is 3.03. The van der Waals surface area contributed by atoms with E-state index in [1.54, 1.807) is 6.92 Å². The second-order valence-corrected chi connectivity index (χ2v) is 6.86. The summed E-state index contributed by atoms with van der Waals surface area (Å²) in [7, 11) is 0. The van der Waals surface area contributed by atoms with Crippen molar-refractivity contribution in [2.75, 3.05) is 5.73 Å². The molecular formula is C18H22N4O2. The lowest BCUT2D eigenvalue weighted by molar-refractivity contribution is 0.0619. The molecule has 0 saturated carbocycles. The van der Waals surface area contributed by atoms with E-state index in [0.717, 1.165) is 16.9 Å². The maximum Gasteiger partial charge on any atom is 0.255 e. The molecule has 0 unspecified atom stereocenters. The van der Waals surface area contributed by atoms with E-state index in [0.29, 0.717) is 17.7 Å². The molecule has 1 aromatic carbocycles. The van der Waals surface area contributed by atoms with Gasteiger partial charge in [0.1, 0.15) is 11.4 Å². The number of nitrogen functional groups attached to an aromatic ring is 1. The number of hydrogen-bond acceptors (Lipinski definition) is 5. The quantitative estimate of drug-likeness (QED) is 0.885. The van der Waals surface area contributed by atoms with Gasteiger partial charge < -0.3 is 15.8 Å². The smallest absolute Gasteiger partial charge is 0.255 e. The Balaban J connectivity index is 1.90. The maximum atomic E-state index is 12.7. The fourth-order valence-corrected chi connectivity index (χ4v) is 3.03. The summed E-state index contributed by atoms with van der Waals surface area (Å²) < 4.78 is 6.06. The molecule has 0 saturated heterocycles. The van der Waals surface area contributed by atoms with Crippen molar-refractivity contribution in [2.24, 2.45) is 0 Å². The van der Waals surface area contributed by atoms with Crippen LogP contribution in [0.25, 0.3) is 0 Å². The molecule has 1 amide bonds. The summed E-state index contributed by atoms with van der Waals surface area (Å²) in [6.07, 6.45) is 2.15. The molecular weight excluding hydrogens is 304 g/mol. The van der Waals surface area contributed by atoms with Gasteiger partial charge in [-0.1, -0.05) is 12.1 Å². The number of nitrogens with zero attached hydrogens (tertiary/aromatic N) is 2. The summed E-state index contributed by atoms with van der Waals surface area (Å²) in [5.41, 5.74) is 8.31. The first-order chi connectivity index (χ1) is 11.2. The topological polar surface area (TPSA) is 90.1 Å². The van der Waals surface area contributed by atoms with Gasteiger partial charge in [0, 0.05) is 18.2 Å². The molecule has 1 aliphatic rings. The highest BCUT2D eigenvalue weighted by Gasteiger charge is 2.34. The Morgan fingerprint density at radius 1 is 1.38 bits per heavy atom. The summed E-state index contributed by atoms with van der Waals surface area (Å²) in [5, 5.41) is 3.09. The van der Waals surface area contributed by atoms with Crippen LogP contribution in [0.3, 0.4) is 0 Å². The zero-order chi connectivity index (χ0) is 17.5. The number of ether oxygens (including phenoxy) is 1. The molecule has 6 nitrogen and oxygen atoms in total. The van der Waals surface area contributed by atoms with Crippen LogP contribution in [0, 0.1) is 13.8 Å². The Kier molecular flexibility index (Phi) is 3.91. The van der Waals surface area contributed by atoms with E-state index in [1.807, 2.05) is 39.0 Å². The number of carbonyl (C=O) groups is 1. The Morgan fingerprint density at radius 2 is 2.12 bits per heavy atom. The van der Waals surface area contributed by atoms with Gasteiger partial charge in [-0.25, -0.2) is 9.97 Å². The van der Waals surface area contributed by atoms with Gasteiger partial charge in [0.05, 0.1) is 17.3 Å². The van der Waals surface area contributed by atoms with Crippen LogP contribution in [0.5, 0.6) is 5.75 Å². The summed E-state index contributed by atoms with van der Waals surface area (Å²) >= 11 is 0. The minimum atomic E-state index is -0.356. The lowest BCUT2D eigenvalue weighted by Crippen LogP contribution is -2.41. The largest absolute Gasteiger partial charge is 0.487 e. The third kappa shape index (κ3) is 3.18. The molecule has 0 radical (unpaired) electrons. The Hall–Kier alpha value is -2.63. The van der Waals surface area contributed by atoms with Gasteiger partial charge in [0.15, 0.2) is 0 Å². The molecule has 0 fully saturated rings. The van der Waals surface area contributed by atoms with E-state index < -0.39 is 0 Å². The number of aromatic nitrogens is 2. The number of nitrogens with two attached hydrogens (primary N) is 1. The summed E-state index contributed by atoms with van der Waals surface area (Å²) in [6, 6.07) is 5.91. The van der Waals surface area contributed by atoms with Crippen molar-refractivity contribution in [1.82, 2.24) is 15.3 Å². The monoisotopic (exact) mass is 326 g/mol. The zero-order valence-corrected chi connectivity index (χ0v) is 14.4. The number of carbonyl (C=O) groups excluding carboxylic acids is 1. The van der Waals surface area contributed by atoms with Crippen molar-refractivity contribution in [2.45, 2.75) is 45.8 Å². The summed E-state index contributed by atoms with van der Waals surface area (Å²) in [6.45, 7) is 7.82. The summed E-state index contributed by atoms with van der Waals surface area (Å²) in [4.78, 5) is 20.6. The van der Waals surface area contributed by atoms with Crippen LogP contribution < -0.4 is 15.8 Å². The van der Waals surface area contributed by atoms with Gasteiger partial charge in [-0.3, -0.25) is 4.79 Å². The molecule has 0 spiro atoms. The average Bonchev–Trinajstić information content (AvgIpc) is 2.45. The molecule has 3 N–H and O–H groups in total. The molecule has 0 bridgehead atoms.